The first-order chi connectivity index (χ1) is 30.6. The highest BCUT2D eigenvalue weighted by atomic mass is 15.2. The Balaban J connectivity index is -0.0000000510. The van der Waals surface area contributed by atoms with Crippen LogP contribution in [0.25, 0.3) is 0 Å². The van der Waals surface area contributed by atoms with Gasteiger partial charge in [0.05, 0.1) is 0 Å². The second-order valence-electron chi connectivity index (χ2n) is 19.4. The number of rotatable bonds is 16. The summed E-state index contributed by atoms with van der Waals surface area (Å²) in [6.07, 6.45) is 0. The first-order valence-electron chi connectivity index (χ1n) is 25.6. The van der Waals surface area contributed by atoms with Crippen molar-refractivity contribution in [3.05, 3.63) is 0 Å². The van der Waals surface area contributed by atoms with Gasteiger partial charge in [0.25, 0.3) is 0 Å². The zero-order chi connectivity index (χ0) is 57.7. The van der Waals surface area contributed by atoms with Gasteiger partial charge in [-0.3, -0.25) is 0 Å². The van der Waals surface area contributed by atoms with Crippen LogP contribution in [0, 0.1) is 5.41 Å². The van der Waals surface area contributed by atoms with Crippen LogP contribution in [-0.4, -0.2) is 206 Å². The molecule has 0 aliphatic heterocycles. The maximum absolute atomic E-state index is 5.40. The molecule has 15 heteroatoms. The summed E-state index contributed by atoms with van der Waals surface area (Å²) in [6.45, 7) is 54.9. The molecule has 0 saturated carbocycles. The van der Waals surface area contributed by atoms with Crippen LogP contribution in [-0.2, 0) is 0 Å². The van der Waals surface area contributed by atoms with E-state index in [-0.39, 0.29) is 5.41 Å². The van der Waals surface area contributed by atoms with Gasteiger partial charge in [0.2, 0.25) is 0 Å². The van der Waals surface area contributed by atoms with Crippen molar-refractivity contribution >= 4 is 0 Å². The molecule has 426 valence electrons. The summed E-state index contributed by atoms with van der Waals surface area (Å²) in [5.74, 6) is 0. The molecule has 15 nitrogen and oxygen atoms in total. The normalized spacial score (nSPS) is 10.7. The molecule has 0 bridgehead atoms. The van der Waals surface area contributed by atoms with Crippen LogP contribution in [0.2, 0.25) is 0 Å². The van der Waals surface area contributed by atoms with Crippen molar-refractivity contribution in [2.75, 3.05) is 104 Å². The fraction of sp³-hybridized carbons (Fsp3) is 1.00. The van der Waals surface area contributed by atoms with Gasteiger partial charge in [0.1, 0.15) is 0 Å². The molecule has 0 atom stereocenters. The summed E-state index contributed by atoms with van der Waals surface area (Å²) in [7, 11) is 20.4. The van der Waals surface area contributed by atoms with E-state index in [4.69, 9.17) is 22.9 Å². The van der Waals surface area contributed by atoms with Gasteiger partial charge < -0.3 is 81.0 Å². The second kappa shape index (κ2) is 67.5. The van der Waals surface area contributed by atoms with Crippen LogP contribution in [0.1, 0.15) is 166 Å². The van der Waals surface area contributed by atoms with Gasteiger partial charge in [-0.25, -0.2) is 0 Å². The third kappa shape index (κ3) is 74.5. The Bertz CT molecular complexity index is 584. The molecule has 0 rings (SSSR count). The summed E-state index contributed by atoms with van der Waals surface area (Å²) >= 11 is 0. The van der Waals surface area contributed by atoms with E-state index in [1.165, 1.54) is 35.2 Å². The molecule has 0 aliphatic rings. The molecule has 0 unspecified atom stereocenters. The van der Waals surface area contributed by atoms with Crippen LogP contribution in [0.4, 0.5) is 0 Å². The van der Waals surface area contributed by atoms with Crippen molar-refractivity contribution < 1.29 is 0 Å². The lowest BCUT2D eigenvalue weighted by molar-refractivity contribution is 0.222. The van der Waals surface area contributed by atoms with Crippen LogP contribution < -0.4 is 51.6 Å². The molecule has 0 fully saturated rings. The molecule has 0 aromatic heterocycles. The number of hydrogen-bond donors (Lipinski definition) is 9. The van der Waals surface area contributed by atoms with Crippen LogP contribution in [0.15, 0.2) is 0 Å². The highest BCUT2D eigenvalue weighted by Gasteiger charge is 2.22. The zero-order valence-corrected chi connectivity index (χ0v) is 53.1. The Kier molecular flexibility index (Phi) is 96.7. The minimum atomic E-state index is -0.222. The summed E-state index contributed by atoms with van der Waals surface area (Å²) in [5.41, 5.74) is 43.9. The third-order valence-electron chi connectivity index (χ3n) is 11.5. The standard InChI is InChI=1S/6C7H17N.C5H16N4.5CH5N/c6*1-6(2)8(5)7(3)4;6-1-5(2-7,3-8)4-9;5*1-2/h6*6-7H,1-5H3;1-4,6-9H2;5*2H2,1H3. The van der Waals surface area contributed by atoms with E-state index in [0.717, 1.165) is 0 Å². The van der Waals surface area contributed by atoms with Crippen LogP contribution in [0.5, 0.6) is 0 Å². The summed E-state index contributed by atoms with van der Waals surface area (Å²) < 4.78 is 0. The number of nitrogens with two attached hydrogens (primary N) is 9. The van der Waals surface area contributed by atoms with Gasteiger partial charge in [-0.2, -0.15) is 0 Å². The van der Waals surface area contributed by atoms with Crippen molar-refractivity contribution in [2.24, 2.45) is 57.0 Å². The van der Waals surface area contributed by atoms with Gasteiger partial charge in [0.15, 0.2) is 0 Å². The Labute approximate surface area is 427 Å². The summed E-state index contributed by atoms with van der Waals surface area (Å²) in [5, 5.41) is 0. The SMILES string of the molecule is CC(C)N(C)C(C)C.CC(C)N(C)C(C)C.CC(C)N(C)C(C)C.CC(C)N(C)C(C)C.CC(C)N(C)C(C)C.CC(C)N(C)C(C)C.CN.CN.CN.CN.CN.NCC(CN)(CN)CN. The smallest absolute Gasteiger partial charge is 0.0193 e. The van der Waals surface area contributed by atoms with Crippen molar-refractivity contribution in [1.29, 1.82) is 0 Å². The molecule has 67 heavy (non-hydrogen) atoms. The Morgan fingerprint density at radius 3 is 0.269 bits per heavy atom. The monoisotopic (exact) mass is 978 g/mol. The van der Waals surface area contributed by atoms with Gasteiger partial charge in [-0.05, 0) is 244 Å². The van der Waals surface area contributed by atoms with E-state index < -0.39 is 0 Å². The van der Waals surface area contributed by atoms with E-state index in [9.17, 15) is 0 Å². The second-order valence-corrected chi connectivity index (χ2v) is 19.4. The van der Waals surface area contributed by atoms with E-state index in [2.05, 4.69) is 267 Å². The molecule has 0 aromatic carbocycles. The lowest BCUT2D eigenvalue weighted by atomic mass is 9.89. The fourth-order valence-corrected chi connectivity index (χ4v) is 4.08. The topological polar surface area (TPSA) is 254 Å². The maximum Gasteiger partial charge on any atom is 0.0193 e. The Morgan fingerprint density at radius 1 is 0.209 bits per heavy atom. The molecular weight excluding hydrogens is 835 g/mol. The van der Waals surface area contributed by atoms with E-state index in [0.29, 0.717) is 98.7 Å². The molecule has 0 radical (unpaired) electrons. The van der Waals surface area contributed by atoms with E-state index >= 15 is 0 Å². The van der Waals surface area contributed by atoms with Gasteiger partial charge in [0, 0.05) is 104 Å². The lowest BCUT2D eigenvalue weighted by Gasteiger charge is -2.26. The fourth-order valence-electron chi connectivity index (χ4n) is 4.08. The van der Waals surface area contributed by atoms with Gasteiger partial charge in [-0.15, -0.1) is 0 Å². The van der Waals surface area contributed by atoms with Gasteiger partial charge >= 0.3 is 0 Å². The highest BCUT2D eigenvalue weighted by Crippen LogP contribution is 2.07. The lowest BCUT2D eigenvalue weighted by Crippen LogP contribution is -2.49. The molecule has 18 N–H and O–H groups in total. The average Bonchev–Trinajstić information content (AvgIpc) is 3.29. The van der Waals surface area contributed by atoms with Crippen LogP contribution >= 0.6 is 0 Å². The van der Waals surface area contributed by atoms with Crippen molar-refractivity contribution in [2.45, 2.75) is 239 Å². The summed E-state index contributed by atoms with van der Waals surface area (Å²) in [6, 6.07) is 8.11. The van der Waals surface area contributed by atoms with E-state index in [1.54, 1.807) is 0 Å². The largest absolute Gasteiger partial charge is 0.333 e. The number of hydrogen-bond acceptors (Lipinski definition) is 15. The Morgan fingerprint density at radius 2 is 0.269 bits per heavy atom. The average molecular weight is 979 g/mol. The zero-order valence-electron chi connectivity index (χ0n) is 53.1. The predicted octanol–water partition coefficient (Wildman–Crippen LogP) is 6.09. The van der Waals surface area contributed by atoms with Crippen molar-refractivity contribution in [3.8, 4) is 0 Å². The third-order valence-corrected chi connectivity index (χ3v) is 11.5. The van der Waals surface area contributed by atoms with Crippen LogP contribution in [0.3, 0.4) is 0 Å². The Hall–Kier alpha value is -0.600. The molecule has 0 heterocycles. The minimum Gasteiger partial charge on any atom is -0.333 e. The van der Waals surface area contributed by atoms with E-state index in [1.807, 2.05) is 0 Å². The highest BCUT2D eigenvalue weighted by molar-refractivity contribution is 4.83. The molecule has 0 aromatic rings. The molecular formula is C52H143N15. The predicted molar refractivity (Wildman–Crippen MR) is 317 cm³/mol. The van der Waals surface area contributed by atoms with Crippen molar-refractivity contribution in [1.82, 2.24) is 29.4 Å². The number of nitrogens with zero attached hydrogens (tertiary/aromatic N) is 6. The molecule has 0 spiro atoms. The maximum atomic E-state index is 5.40. The molecule has 0 aliphatic carbocycles. The van der Waals surface area contributed by atoms with Crippen molar-refractivity contribution in [3.63, 3.8) is 0 Å². The first kappa shape index (κ1) is 96.0. The quantitative estimate of drug-likeness (QED) is 0.0849. The molecule has 0 amide bonds. The summed E-state index contributed by atoms with van der Waals surface area (Å²) in [4.78, 5) is 14.0. The van der Waals surface area contributed by atoms with Gasteiger partial charge in [-0.1, -0.05) is 0 Å². The minimum absolute atomic E-state index is 0.222. The first-order valence-corrected chi connectivity index (χ1v) is 25.6. The molecule has 0 saturated heterocycles.